The lowest BCUT2D eigenvalue weighted by molar-refractivity contribution is -0.117. The number of anilines is 1. The van der Waals surface area contributed by atoms with Crippen LogP contribution in [0.2, 0.25) is 0 Å². The summed E-state index contributed by atoms with van der Waals surface area (Å²) in [6.45, 7) is -0.352. The first-order valence-corrected chi connectivity index (χ1v) is 11.7. The minimum atomic E-state index is -3.69. The predicted octanol–water partition coefficient (Wildman–Crippen LogP) is 3.40. The van der Waals surface area contributed by atoms with Gasteiger partial charge in [0, 0.05) is 30.9 Å². The lowest BCUT2D eigenvalue weighted by Crippen LogP contribution is -2.39. The van der Waals surface area contributed by atoms with Crippen LogP contribution in [0.5, 0.6) is 0 Å². The van der Waals surface area contributed by atoms with Gasteiger partial charge in [-0.2, -0.15) is 0 Å². The smallest absolute Gasteiger partial charge is 0.255 e. The topological polar surface area (TPSA) is 86.8 Å². The normalized spacial score (nSPS) is 16.1. The minimum Gasteiger partial charge on any atom is -0.324 e. The molecule has 1 aliphatic heterocycles. The van der Waals surface area contributed by atoms with Gasteiger partial charge in [0.05, 0.1) is 10.9 Å². The number of hydrogen-bond donors (Lipinski definition) is 1. The number of carbonyl (C=O) groups excluding carboxylic acids is 2. The Morgan fingerprint density at radius 3 is 2.21 bits per heavy atom. The lowest BCUT2D eigenvalue weighted by atomic mass is 9.95. The molecule has 3 aromatic rings. The van der Waals surface area contributed by atoms with E-state index in [0.29, 0.717) is 16.8 Å². The van der Waals surface area contributed by atoms with Gasteiger partial charge in [-0.3, -0.25) is 9.59 Å². The van der Waals surface area contributed by atoms with Crippen molar-refractivity contribution in [3.8, 4) is 0 Å². The average molecular weight is 486 g/mol. The van der Waals surface area contributed by atoms with Crippen molar-refractivity contribution in [2.75, 3.05) is 26.0 Å². The molecule has 10 heteroatoms. The third kappa shape index (κ3) is 4.42. The van der Waals surface area contributed by atoms with E-state index in [0.717, 1.165) is 4.31 Å². The molecule has 1 heterocycles. The van der Waals surface area contributed by atoms with E-state index < -0.39 is 39.5 Å². The Labute approximate surface area is 195 Å². The van der Waals surface area contributed by atoms with Crippen LogP contribution in [0.25, 0.3) is 0 Å². The van der Waals surface area contributed by atoms with Crippen molar-refractivity contribution in [3.05, 3.63) is 95.1 Å². The third-order valence-electron chi connectivity index (χ3n) is 5.53. The molecule has 1 aliphatic rings. The first-order chi connectivity index (χ1) is 16.1. The molecule has 2 amide bonds. The van der Waals surface area contributed by atoms with Crippen molar-refractivity contribution in [2.24, 2.45) is 0 Å². The standard InChI is InChI=1S/C24H21F2N3O4S/c1-28(2)34(32,33)19-10-5-16(6-11-19)24(31)29-14-22(30)27-21-12-9-18(26)13-20(21)23(29)15-3-7-17(25)8-4-15/h3-13,23H,14H2,1-2H3,(H,27,30)/t23-/m0/s1. The summed E-state index contributed by atoms with van der Waals surface area (Å²) in [7, 11) is -0.900. The van der Waals surface area contributed by atoms with Crippen molar-refractivity contribution in [3.63, 3.8) is 0 Å². The highest BCUT2D eigenvalue weighted by molar-refractivity contribution is 7.89. The van der Waals surface area contributed by atoms with Gasteiger partial charge in [-0.05, 0) is 60.2 Å². The van der Waals surface area contributed by atoms with Crippen LogP contribution in [-0.4, -0.2) is 50.1 Å². The van der Waals surface area contributed by atoms with Gasteiger partial charge >= 0.3 is 0 Å². The summed E-state index contributed by atoms with van der Waals surface area (Å²) < 4.78 is 53.6. The molecule has 0 saturated heterocycles. The Hall–Kier alpha value is -3.63. The van der Waals surface area contributed by atoms with E-state index in [4.69, 9.17) is 0 Å². The number of halogens is 2. The summed E-state index contributed by atoms with van der Waals surface area (Å²) >= 11 is 0. The second kappa shape index (κ2) is 8.96. The number of nitrogens with zero attached hydrogens (tertiary/aromatic N) is 2. The van der Waals surface area contributed by atoms with Crippen LogP contribution in [0.15, 0.2) is 71.6 Å². The lowest BCUT2D eigenvalue weighted by Gasteiger charge is -2.30. The summed E-state index contributed by atoms with van der Waals surface area (Å²) in [5.74, 6) is -2.11. The summed E-state index contributed by atoms with van der Waals surface area (Å²) in [5, 5.41) is 2.68. The van der Waals surface area contributed by atoms with E-state index in [1.165, 1.54) is 85.7 Å². The van der Waals surface area contributed by atoms with Crippen LogP contribution in [0.3, 0.4) is 0 Å². The maximum Gasteiger partial charge on any atom is 0.255 e. The molecule has 0 aromatic heterocycles. The molecule has 0 unspecified atom stereocenters. The van der Waals surface area contributed by atoms with E-state index in [1.54, 1.807) is 0 Å². The van der Waals surface area contributed by atoms with Crippen molar-refractivity contribution in [1.82, 2.24) is 9.21 Å². The molecular weight excluding hydrogens is 464 g/mol. The maximum absolute atomic E-state index is 14.2. The van der Waals surface area contributed by atoms with Crippen molar-refractivity contribution >= 4 is 27.5 Å². The first kappa shape index (κ1) is 23.5. The highest BCUT2D eigenvalue weighted by Crippen LogP contribution is 2.37. The molecular formula is C24H21F2N3O4S. The van der Waals surface area contributed by atoms with Gasteiger partial charge < -0.3 is 10.2 Å². The van der Waals surface area contributed by atoms with Crippen LogP contribution >= 0.6 is 0 Å². The molecule has 4 rings (SSSR count). The van der Waals surface area contributed by atoms with E-state index >= 15 is 0 Å². The third-order valence-corrected chi connectivity index (χ3v) is 7.36. The number of amides is 2. The first-order valence-electron chi connectivity index (χ1n) is 10.3. The average Bonchev–Trinajstić information content (AvgIpc) is 2.95. The molecule has 0 saturated carbocycles. The quantitative estimate of drug-likeness (QED) is 0.614. The van der Waals surface area contributed by atoms with E-state index in [-0.39, 0.29) is 17.0 Å². The van der Waals surface area contributed by atoms with Crippen molar-refractivity contribution in [2.45, 2.75) is 10.9 Å². The molecule has 3 aromatic carbocycles. The van der Waals surface area contributed by atoms with E-state index in [9.17, 15) is 26.8 Å². The molecule has 0 bridgehead atoms. The molecule has 34 heavy (non-hydrogen) atoms. The van der Waals surface area contributed by atoms with Gasteiger partial charge in [0.1, 0.15) is 18.2 Å². The zero-order chi connectivity index (χ0) is 24.6. The van der Waals surface area contributed by atoms with Crippen LogP contribution in [0, 0.1) is 11.6 Å². The van der Waals surface area contributed by atoms with Crippen LogP contribution in [0.4, 0.5) is 14.5 Å². The highest BCUT2D eigenvalue weighted by Gasteiger charge is 2.34. The zero-order valence-electron chi connectivity index (χ0n) is 18.3. The highest BCUT2D eigenvalue weighted by atomic mass is 32.2. The second-order valence-corrected chi connectivity index (χ2v) is 10.1. The number of carbonyl (C=O) groups is 2. The number of benzene rings is 3. The van der Waals surface area contributed by atoms with Gasteiger partial charge in [0.2, 0.25) is 15.9 Å². The Morgan fingerprint density at radius 1 is 0.971 bits per heavy atom. The van der Waals surface area contributed by atoms with E-state index in [2.05, 4.69) is 5.32 Å². The molecule has 0 radical (unpaired) electrons. The zero-order valence-corrected chi connectivity index (χ0v) is 19.1. The summed E-state index contributed by atoms with van der Waals surface area (Å²) in [6.07, 6.45) is 0. The molecule has 1 N–H and O–H groups in total. The van der Waals surface area contributed by atoms with Crippen molar-refractivity contribution in [1.29, 1.82) is 0 Å². The molecule has 176 valence electrons. The molecule has 0 fully saturated rings. The van der Waals surface area contributed by atoms with E-state index in [1.807, 2.05) is 0 Å². The van der Waals surface area contributed by atoms with Gasteiger partial charge in [-0.25, -0.2) is 21.5 Å². The van der Waals surface area contributed by atoms with Gasteiger partial charge in [0.15, 0.2) is 0 Å². The minimum absolute atomic E-state index is 0.00478. The fourth-order valence-electron chi connectivity index (χ4n) is 3.82. The number of hydrogen-bond acceptors (Lipinski definition) is 4. The Morgan fingerprint density at radius 2 is 1.59 bits per heavy atom. The molecule has 7 nitrogen and oxygen atoms in total. The van der Waals surface area contributed by atoms with Crippen LogP contribution in [0.1, 0.15) is 27.5 Å². The maximum atomic E-state index is 14.2. The SMILES string of the molecule is CN(C)S(=O)(=O)c1ccc(C(=O)N2CC(=O)Nc3ccc(F)cc3[C@@H]2c2ccc(F)cc2)cc1. The predicted molar refractivity (Wildman–Crippen MR) is 122 cm³/mol. The molecule has 0 aliphatic carbocycles. The number of nitrogens with one attached hydrogen (secondary N) is 1. The van der Waals surface area contributed by atoms with Gasteiger partial charge in [-0.15, -0.1) is 0 Å². The summed E-state index contributed by atoms with van der Waals surface area (Å²) in [5.41, 5.74) is 1.28. The van der Waals surface area contributed by atoms with Crippen LogP contribution in [-0.2, 0) is 14.8 Å². The number of rotatable bonds is 4. The van der Waals surface area contributed by atoms with Gasteiger partial charge in [0.25, 0.3) is 5.91 Å². The fourth-order valence-corrected chi connectivity index (χ4v) is 4.72. The van der Waals surface area contributed by atoms with Gasteiger partial charge in [-0.1, -0.05) is 12.1 Å². The summed E-state index contributed by atoms with van der Waals surface area (Å²) in [4.78, 5) is 27.4. The summed E-state index contributed by atoms with van der Waals surface area (Å²) in [6, 6.07) is 13.6. The monoisotopic (exact) mass is 485 g/mol. The molecule has 0 spiro atoms. The largest absolute Gasteiger partial charge is 0.324 e. The number of sulfonamides is 1. The fraction of sp³-hybridized carbons (Fsp3) is 0.167. The second-order valence-electron chi connectivity index (χ2n) is 7.98. The Balaban J connectivity index is 1.81. The van der Waals surface area contributed by atoms with Crippen LogP contribution < -0.4 is 5.32 Å². The Bertz CT molecular complexity index is 1360. The number of fused-ring (bicyclic) bond motifs is 1. The Kier molecular flexibility index (Phi) is 6.20. The van der Waals surface area contributed by atoms with Crippen molar-refractivity contribution < 1.29 is 26.8 Å². The molecule has 1 atom stereocenters.